The van der Waals surface area contributed by atoms with E-state index in [0.29, 0.717) is 29.9 Å². The van der Waals surface area contributed by atoms with Crippen LogP contribution in [0.15, 0.2) is 55.0 Å². The van der Waals surface area contributed by atoms with E-state index in [4.69, 9.17) is 19.2 Å². The van der Waals surface area contributed by atoms with Gasteiger partial charge in [-0.05, 0) is 39.3 Å². The number of nitrogens with zero attached hydrogens (tertiary/aromatic N) is 4. The molecule has 1 aromatic carbocycles. The number of benzene rings is 1. The Labute approximate surface area is 242 Å². The summed E-state index contributed by atoms with van der Waals surface area (Å²) in [5.74, 6) is -0.295. The zero-order valence-corrected chi connectivity index (χ0v) is 23.9. The monoisotopic (exact) mass is 576 g/mol. The molecule has 3 heterocycles. The summed E-state index contributed by atoms with van der Waals surface area (Å²) < 4.78 is 32.4. The summed E-state index contributed by atoms with van der Waals surface area (Å²) in [6, 6.07) is 10.9. The number of ether oxygens (including phenoxy) is 3. The van der Waals surface area contributed by atoms with E-state index in [1.165, 1.54) is 16.8 Å². The number of alkyl carbamates (subject to hydrolysis) is 1. The number of pyridine rings is 1. The average Bonchev–Trinajstić information content (AvgIpc) is 3.34. The van der Waals surface area contributed by atoms with E-state index in [2.05, 4.69) is 20.7 Å². The standard InChI is InChI=1S/C30H33FN6O5/c1-5-40-28(38)23-16-34-37-17-24(18-9-7-6-8-10-18)25(36-26(23)37)32-14-19-11-20(31)15-33-27(19)41-22-12-21(13-22)35-29(39)42-30(2,3)4/h6-11,15-17,21-22H,5,12-14H2,1-4H3,(H,32,36)(H,35,39)/t21-,22+. The summed E-state index contributed by atoms with van der Waals surface area (Å²) in [6.45, 7) is 7.50. The predicted molar refractivity (Wildman–Crippen MR) is 153 cm³/mol. The molecule has 0 atom stereocenters. The summed E-state index contributed by atoms with van der Waals surface area (Å²) in [5, 5.41) is 10.4. The predicted octanol–water partition coefficient (Wildman–Crippen LogP) is 5.15. The summed E-state index contributed by atoms with van der Waals surface area (Å²) in [5.41, 5.74) is 2.05. The number of carbonyl (C=O) groups is 2. The van der Waals surface area contributed by atoms with Crippen LogP contribution in [-0.2, 0) is 16.0 Å². The van der Waals surface area contributed by atoms with Crippen LogP contribution < -0.4 is 15.4 Å². The highest BCUT2D eigenvalue weighted by atomic mass is 19.1. The summed E-state index contributed by atoms with van der Waals surface area (Å²) in [6.07, 6.45) is 4.76. The van der Waals surface area contributed by atoms with Crippen LogP contribution >= 0.6 is 0 Å². The van der Waals surface area contributed by atoms with E-state index in [0.717, 1.165) is 17.3 Å². The number of nitrogens with one attached hydrogen (secondary N) is 2. The number of halogens is 1. The fourth-order valence-electron chi connectivity index (χ4n) is 4.52. The van der Waals surface area contributed by atoms with Gasteiger partial charge < -0.3 is 24.8 Å². The van der Waals surface area contributed by atoms with Gasteiger partial charge in [-0.15, -0.1) is 0 Å². The molecule has 11 nitrogen and oxygen atoms in total. The first-order valence-corrected chi connectivity index (χ1v) is 13.7. The highest BCUT2D eigenvalue weighted by molar-refractivity contribution is 5.96. The number of aromatic nitrogens is 4. The first-order valence-electron chi connectivity index (χ1n) is 13.7. The third-order valence-electron chi connectivity index (χ3n) is 6.51. The van der Waals surface area contributed by atoms with Crippen molar-refractivity contribution in [1.82, 2.24) is 24.9 Å². The SMILES string of the molecule is CCOC(=O)c1cnn2cc(-c3ccccc3)c(NCc3cc(F)cnc3O[C@H]3C[C@@H](NC(=O)OC(C)(C)C)C3)nc12. The lowest BCUT2D eigenvalue weighted by molar-refractivity contribution is 0.0351. The minimum atomic E-state index is -0.581. The Balaban J connectivity index is 1.34. The smallest absolute Gasteiger partial charge is 0.407 e. The van der Waals surface area contributed by atoms with Gasteiger partial charge in [0.1, 0.15) is 28.9 Å². The van der Waals surface area contributed by atoms with Crippen LogP contribution in [0, 0.1) is 5.82 Å². The van der Waals surface area contributed by atoms with Crippen LogP contribution in [0.25, 0.3) is 16.8 Å². The molecule has 220 valence electrons. The fourth-order valence-corrected chi connectivity index (χ4v) is 4.52. The first-order chi connectivity index (χ1) is 20.1. The van der Waals surface area contributed by atoms with Gasteiger partial charge >= 0.3 is 12.1 Å². The molecule has 12 heteroatoms. The van der Waals surface area contributed by atoms with E-state index in [1.807, 2.05) is 30.3 Å². The summed E-state index contributed by atoms with van der Waals surface area (Å²) >= 11 is 0. The van der Waals surface area contributed by atoms with Crippen molar-refractivity contribution in [2.24, 2.45) is 0 Å². The quantitative estimate of drug-likeness (QED) is 0.260. The maximum absolute atomic E-state index is 14.3. The summed E-state index contributed by atoms with van der Waals surface area (Å²) in [4.78, 5) is 33.4. The molecule has 2 N–H and O–H groups in total. The minimum Gasteiger partial charge on any atom is -0.474 e. The van der Waals surface area contributed by atoms with E-state index in [-0.39, 0.29) is 36.7 Å². The average molecular weight is 577 g/mol. The number of rotatable bonds is 9. The normalized spacial score (nSPS) is 16.4. The lowest BCUT2D eigenvalue weighted by Gasteiger charge is -2.36. The molecule has 0 unspecified atom stereocenters. The third-order valence-corrected chi connectivity index (χ3v) is 6.51. The molecule has 0 bridgehead atoms. The van der Waals surface area contributed by atoms with Gasteiger partial charge in [-0.1, -0.05) is 30.3 Å². The molecular weight excluding hydrogens is 543 g/mol. The van der Waals surface area contributed by atoms with Gasteiger partial charge in [0.25, 0.3) is 0 Å². The van der Waals surface area contributed by atoms with E-state index >= 15 is 0 Å². The Morgan fingerprint density at radius 3 is 2.62 bits per heavy atom. The molecule has 1 fully saturated rings. The van der Waals surface area contributed by atoms with Crippen molar-refractivity contribution in [3.63, 3.8) is 0 Å². The van der Waals surface area contributed by atoms with Crippen molar-refractivity contribution >= 4 is 23.5 Å². The van der Waals surface area contributed by atoms with Crippen molar-refractivity contribution in [3.05, 3.63) is 71.9 Å². The number of hydrogen-bond acceptors (Lipinski definition) is 9. The third kappa shape index (κ3) is 6.76. The zero-order chi connectivity index (χ0) is 29.9. The second-order valence-corrected chi connectivity index (χ2v) is 10.9. The number of carbonyl (C=O) groups excluding carboxylic acids is 2. The second kappa shape index (κ2) is 12.0. The summed E-state index contributed by atoms with van der Waals surface area (Å²) in [7, 11) is 0. The van der Waals surface area contributed by atoms with E-state index in [1.54, 1.807) is 33.9 Å². The van der Waals surface area contributed by atoms with Crippen LogP contribution in [0.5, 0.6) is 5.88 Å². The van der Waals surface area contributed by atoms with Crippen molar-refractivity contribution < 1.29 is 28.2 Å². The molecule has 0 saturated heterocycles. The van der Waals surface area contributed by atoms with Gasteiger partial charge in [0.2, 0.25) is 5.88 Å². The molecule has 0 spiro atoms. The highest BCUT2D eigenvalue weighted by Gasteiger charge is 2.34. The number of amides is 1. The molecule has 0 aliphatic heterocycles. The van der Waals surface area contributed by atoms with Crippen molar-refractivity contribution in [1.29, 1.82) is 0 Å². The lowest BCUT2D eigenvalue weighted by atomic mass is 9.89. The Bertz CT molecular complexity index is 1580. The van der Waals surface area contributed by atoms with Gasteiger partial charge in [0.15, 0.2) is 5.65 Å². The first kappa shape index (κ1) is 28.8. The van der Waals surface area contributed by atoms with Gasteiger partial charge in [-0.25, -0.2) is 28.5 Å². The van der Waals surface area contributed by atoms with Crippen LogP contribution in [-0.4, -0.2) is 56.0 Å². The molecule has 1 aliphatic rings. The molecule has 0 radical (unpaired) electrons. The van der Waals surface area contributed by atoms with Crippen LogP contribution in [0.2, 0.25) is 0 Å². The largest absolute Gasteiger partial charge is 0.474 e. The Kier molecular flexibility index (Phi) is 8.23. The Hall–Kier alpha value is -4.74. The number of anilines is 1. The number of esters is 1. The molecule has 1 aliphatic carbocycles. The molecule has 1 saturated carbocycles. The lowest BCUT2D eigenvalue weighted by Crippen LogP contribution is -2.50. The Morgan fingerprint density at radius 2 is 1.90 bits per heavy atom. The maximum atomic E-state index is 14.3. The van der Waals surface area contributed by atoms with E-state index in [9.17, 15) is 14.0 Å². The number of hydrogen-bond donors (Lipinski definition) is 2. The van der Waals surface area contributed by atoms with Gasteiger partial charge in [-0.3, -0.25) is 0 Å². The van der Waals surface area contributed by atoms with Crippen molar-refractivity contribution in [2.75, 3.05) is 11.9 Å². The molecule has 42 heavy (non-hydrogen) atoms. The molecule has 3 aromatic heterocycles. The molecule has 5 rings (SSSR count). The van der Waals surface area contributed by atoms with Crippen LogP contribution in [0.3, 0.4) is 0 Å². The van der Waals surface area contributed by atoms with Gasteiger partial charge in [0, 0.05) is 42.8 Å². The molecule has 1 amide bonds. The maximum Gasteiger partial charge on any atom is 0.407 e. The molecular formula is C30H33FN6O5. The van der Waals surface area contributed by atoms with Crippen LogP contribution in [0.1, 0.15) is 56.5 Å². The zero-order valence-electron chi connectivity index (χ0n) is 23.9. The van der Waals surface area contributed by atoms with Gasteiger partial charge in [0.05, 0.1) is 19.0 Å². The minimum absolute atomic E-state index is 0.0829. The topological polar surface area (TPSA) is 129 Å². The van der Waals surface area contributed by atoms with Crippen LogP contribution in [0.4, 0.5) is 15.0 Å². The highest BCUT2D eigenvalue weighted by Crippen LogP contribution is 2.31. The Morgan fingerprint density at radius 1 is 1.14 bits per heavy atom. The van der Waals surface area contributed by atoms with Crippen molar-refractivity contribution in [3.8, 4) is 17.0 Å². The van der Waals surface area contributed by atoms with E-state index < -0.39 is 23.5 Å². The van der Waals surface area contributed by atoms with Crippen molar-refractivity contribution in [2.45, 2.75) is 64.8 Å². The van der Waals surface area contributed by atoms with Gasteiger partial charge in [-0.2, -0.15) is 5.10 Å². The fraction of sp³-hybridized carbons (Fsp3) is 0.367. The second-order valence-electron chi connectivity index (χ2n) is 10.9. The number of fused-ring (bicyclic) bond motifs is 1. The molecule has 4 aromatic rings.